The number of benzene rings is 1. The van der Waals surface area contributed by atoms with Gasteiger partial charge in [0.2, 0.25) is 0 Å². The molecule has 1 atom stereocenters. The third-order valence-electron chi connectivity index (χ3n) is 2.75. The summed E-state index contributed by atoms with van der Waals surface area (Å²) in [5.74, 6) is -0.190. The molecular formula is C14H19NO2. The minimum Gasteiger partial charge on any atom is -0.459 e. The summed E-state index contributed by atoms with van der Waals surface area (Å²) in [5, 5.41) is 3.22. The molecule has 2 rings (SSSR count). The summed E-state index contributed by atoms with van der Waals surface area (Å²) in [6, 6.07) is 7.72. The first-order chi connectivity index (χ1) is 7.97. The van der Waals surface area contributed by atoms with E-state index in [4.69, 9.17) is 4.74 Å². The van der Waals surface area contributed by atoms with Crippen molar-refractivity contribution in [2.45, 2.75) is 38.8 Å². The molecule has 0 radical (unpaired) electrons. The molecule has 3 nitrogen and oxygen atoms in total. The number of fused-ring (bicyclic) bond motifs is 1. The first-order valence-corrected chi connectivity index (χ1v) is 6.01. The smallest absolute Gasteiger partial charge is 0.328 e. The van der Waals surface area contributed by atoms with Crippen molar-refractivity contribution in [1.29, 1.82) is 0 Å². The highest BCUT2D eigenvalue weighted by Crippen LogP contribution is 2.25. The Morgan fingerprint density at radius 2 is 2.06 bits per heavy atom. The molecule has 1 aromatic carbocycles. The Bertz CT molecular complexity index is 420. The Morgan fingerprint density at radius 1 is 1.35 bits per heavy atom. The van der Waals surface area contributed by atoms with Gasteiger partial charge in [0.15, 0.2) is 0 Å². The number of carbonyl (C=O) groups is 1. The van der Waals surface area contributed by atoms with Gasteiger partial charge in [-0.15, -0.1) is 0 Å². The van der Waals surface area contributed by atoms with Gasteiger partial charge in [-0.3, -0.25) is 0 Å². The van der Waals surface area contributed by atoms with Gasteiger partial charge in [0.25, 0.3) is 0 Å². The number of hydrogen-bond donors (Lipinski definition) is 1. The molecule has 1 heterocycles. The minimum absolute atomic E-state index is 0.190. The van der Waals surface area contributed by atoms with Gasteiger partial charge in [0.05, 0.1) is 0 Å². The van der Waals surface area contributed by atoms with Crippen LogP contribution < -0.4 is 5.32 Å². The third kappa shape index (κ3) is 2.86. The van der Waals surface area contributed by atoms with E-state index in [1.165, 1.54) is 5.56 Å². The lowest BCUT2D eigenvalue weighted by Gasteiger charge is -2.28. The summed E-state index contributed by atoms with van der Waals surface area (Å²) in [5.41, 5.74) is 1.85. The van der Waals surface area contributed by atoms with E-state index >= 15 is 0 Å². The van der Waals surface area contributed by atoms with Crippen LogP contribution in [0.15, 0.2) is 24.3 Å². The van der Waals surface area contributed by atoms with E-state index in [1.807, 2.05) is 39.0 Å². The van der Waals surface area contributed by atoms with Gasteiger partial charge in [-0.05, 0) is 38.3 Å². The molecule has 17 heavy (non-hydrogen) atoms. The van der Waals surface area contributed by atoms with E-state index < -0.39 is 5.60 Å². The highest BCUT2D eigenvalue weighted by molar-refractivity contribution is 5.79. The largest absolute Gasteiger partial charge is 0.459 e. The van der Waals surface area contributed by atoms with Crippen LogP contribution in [0.5, 0.6) is 0 Å². The molecule has 0 saturated heterocycles. The number of nitrogens with one attached hydrogen (secondary N) is 1. The molecule has 0 fully saturated rings. The monoisotopic (exact) mass is 233 g/mol. The Hall–Kier alpha value is -1.35. The molecule has 1 unspecified atom stereocenters. The first-order valence-electron chi connectivity index (χ1n) is 6.01. The van der Waals surface area contributed by atoms with E-state index in [1.54, 1.807) is 0 Å². The molecule has 0 aliphatic carbocycles. The second kappa shape index (κ2) is 4.49. The molecule has 0 spiro atoms. The summed E-state index contributed by atoms with van der Waals surface area (Å²) < 4.78 is 5.43. The van der Waals surface area contributed by atoms with Gasteiger partial charge in [-0.25, -0.2) is 4.79 Å². The van der Waals surface area contributed by atoms with E-state index in [2.05, 4.69) is 11.4 Å². The minimum atomic E-state index is -0.439. The zero-order valence-corrected chi connectivity index (χ0v) is 10.6. The van der Waals surface area contributed by atoms with Gasteiger partial charge in [0, 0.05) is 6.54 Å². The van der Waals surface area contributed by atoms with Gasteiger partial charge in [-0.1, -0.05) is 24.3 Å². The van der Waals surface area contributed by atoms with Crippen LogP contribution in [-0.2, 0) is 16.0 Å². The van der Waals surface area contributed by atoms with Crippen LogP contribution in [-0.4, -0.2) is 18.1 Å². The fourth-order valence-corrected chi connectivity index (χ4v) is 2.08. The zero-order valence-electron chi connectivity index (χ0n) is 10.6. The molecule has 1 N–H and O–H groups in total. The Balaban J connectivity index is 2.21. The number of hydrogen-bond acceptors (Lipinski definition) is 3. The second-order valence-corrected chi connectivity index (χ2v) is 5.37. The molecule has 0 amide bonds. The maximum atomic E-state index is 12.1. The van der Waals surface area contributed by atoms with Crippen molar-refractivity contribution in [1.82, 2.24) is 5.32 Å². The van der Waals surface area contributed by atoms with Gasteiger partial charge >= 0.3 is 5.97 Å². The molecule has 1 aliphatic heterocycles. The highest BCUT2D eigenvalue weighted by atomic mass is 16.6. The normalized spacial score (nSPS) is 19.6. The fraction of sp³-hybridized carbons (Fsp3) is 0.500. The Morgan fingerprint density at radius 3 is 2.76 bits per heavy atom. The van der Waals surface area contributed by atoms with Crippen molar-refractivity contribution >= 4 is 5.97 Å². The lowest BCUT2D eigenvalue weighted by molar-refractivity contribution is -0.157. The Labute approximate surface area is 102 Å². The predicted molar refractivity (Wildman–Crippen MR) is 66.7 cm³/mol. The summed E-state index contributed by atoms with van der Waals surface area (Å²) in [7, 11) is 0. The van der Waals surface area contributed by atoms with Crippen molar-refractivity contribution in [3.8, 4) is 0 Å². The topological polar surface area (TPSA) is 38.3 Å². The van der Waals surface area contributed by atoms with Crippen LogP contribution in [0, 0.1) is 0 Å². The van der Waals surface area contributed by atoms with Crippen LogP contribution in [0.4, 0.5) is 0 Å². The summed E-state index contributed by atoms with van der Waals surface area (Å²) >= 11 is 0. The first kappa shape index (κ1) is 12.1. The third-order valence-corrected chi connectivity index (χ3v) is 2.75. The van der Waals surface area contributed by atoms with Crippen LogP contribution >= 0.6 is 0 Å². The van der Waals surface area contributed by atoms with E-state index in [0.29, 0.717) is 0 Å². The van der Waals surface area contributed by atoms with Crippen LogP contribution in [0.2, 0.25) is 0 Å². The molecule has 3 heteroatoms. The van der Waals surface area contributed by atoms with Crippen molar-refractivity contribution < 1.29 is 9.53 Å². The lowest BCUT2D eigenvalue weighted by Crippen LogP contribution is -2.39. The van der Waals surface area contributed by atoms with Gasteiger partial charge < -0.3 is 10.1 Å². The van der Waals surface area contributed by atoms with Crippen molar-refractivity contribution in [2.24, 2.45) is 0 Å². The highest BCUT2D eigenvalue weighted by Gasteiger charge is 2.29. The van der Waals surface area contributed by atoms with Crippen LogP contribution in [0.1, 0.15) is 37.9 Å². The summed E-state index contributed by atoms with van der Waals surface area (Å²) in [6.45, 7) is 6.49. The molecular weight excluding hydrogens is 214 g/mol. The molecule has 0 aromatic heterocycles. The zero-order chi connectivity index (χ0) is 12.5. The molecule has 1 aliphatic rings. The SMILES string of the molecule is CC(C)(C)OC(=O)C1NCCc2ccccc21. The summed E-state index contributed by atoms with van der Waals surface area (Å²) in [6.07, 6.45) is 0.968. The molecule has 1 aromatic rings. The maximum Gasteiger partial charge on any atom is 0.328 e. The van der Waals surface area contributed by atoms with E-state index in [0.717, 1.165) is 18.5 Å². The number of ether oxygens (including phenoxy) is 1. The standard InChI is InChI=1S/C14H19NO2/c1-14(2,3)17-13(16)12-11-7-5-4-6-10(11)8-9-15-12/h4-7,12,15H,8-9H2,1-3H3. The number of carbonyl (C=O) groups excluding carboxylic acids is 1. The Kier molecular flexibility index (Phi) is 3.20. The van der Waals surface area contributed by atoms with Crippen molar-refractivity contribution in [3.63, 3.8) is 0 Å². The van der Waals surface area contributed by atoms with Crippen LogP contribution in [0.25, 0.3) is 0 Å². The quantitative estimate of drug-likeness (QED) is 0.756. The van der Waals surface area contributed by atoms with E-state index in [9.17, 15) is 4.79 Å². The maximum absolute atomic E-state index is 12.1. The van der Waals surface area contributed by atoms with E-state index in [-0.39, 0.29) is 12.0 Å². The molecule has 0 saturated carbocycles. The second-order valence-electron chi connectivity index (χ2n) is 5.37. The average Bonchev–Trinajstić information content (AvgIpc) is 2.26. The fourth-order valence-electron chi connectivity index (χ4n) is 2.08. The van der Waals surface area contributed by atoms with Crippen LogP contribution in [0.3, 0.4) is 0 Å². The average molecular weight is 233 g/mol. The van der Waals surface area contributed by atoms with Crippen molar-refractivity contribution in [3.05, 3.63) is 35.4 Å². The summed E-state index contributed by atoms with van der Waals surface area (Å²) in [4.78, 5) is 12.1. The lowest BCUT2D eigenvalue weighted by atomic mass is 9.94. The van der Waals surface area contributed by atoms with Gasteiger partial charge in [0.1, 0.15) is 11.6 Å². The number of rotatable bonds is 1. The molecule has 92 valence electrons. The number of esters is 1. The van der Waals surface area contributed by atoms with Crippen molar-refractivity contribution in [2.75, 3.05) is 6.54 Å². The van der Waals surface area contributed by atoms with Gasteiger partial charge in [-0.2, -0.15) is 0 Å². The molecule has 0 bridgehead atoms. The predicted octanol–water partition coefficient (Wildman–Crippen LogP) is 2.22.